The van der Waals surface area contributed by atoms with Crippen LogP contribution in [0.15, 0.2) is 18.2 Å². The third-order valence-electron chi connectivity index (χ3n) is 4.42. The molecule has 1 fully saturated rings. The first kappa shape index (κ1) is 14.4. The van der Waals surface area contributed by atoms with Crippen molar-refractivity contribution in [3.05, 3.63) is 35.4 Å². The van der Waals surface area contributed by atoms with Gasteiger partial charge < -0.3 is 10.2 Å². The van der Waals surface area contributed by atoms with Crippen molar-refractivity contribution in [2.24, 2.45) is 0 Å². The molecular weight excluding hydrogens is 246 g/mol. The van der Waals surface area contributed by atoms with Crippen molar-refractivity contribution in [1.82, 2.24) is 10.2 Å². The molecule has 106 valence electrons. The molecule has 1 aromatic rings. The van der Waals surface area contributed by atoms with Gasteiger partial charge in [0.15, 0.2) is 11.6 Å². The van der Waals surface area contributed by atoms with E-state index < -0.39 is 11.6 Å². The molecule has 0 radical (unpaired) electrons. The minimum atomic E-state index is -0.780. The van der Waals surface area contributed by atoms with Gasteiger partial charge in [0.2, 0.25) is 0 Å². The van der Waals surface area contributed by atoms with Crippen LogP contribution in [0.25, 0.3) is 0 Å². The summed E-state index contributed by atoms with van der Waals surface area (Å²) in [5.74, 6) is -1.52. The highest BCUT2D eigenvalue weighted by Crippen LogP contribution is 2.36. The number of rotatable bonds is 5. The van der Waals surface area contributed by atoms with Crippen molar-refractivity contribution in [2.45, 2.75) is 37.8 Å². The molecule has 1 aromatic carbocycles. The molecule has 2 nitrogen and oxygen atoms in total. The third kappa shape index (κ3) is 2.79. The van der Waals surface area contributed by atoms with E-state index in [1.165, 1.54) is 6.42 Å². The average molecular weight is 268 g/mol. The molecule has 0 spiro atoms. The molecule has 0 amide bonds. The number of hydrogen-bond acceptors (Lipinski definition) is 2. The molecule has 1 saturated carbocycles. The monoisotopic (exact) mass is 268 g/mol. The van der Waals surface area contributed by atoms with Crippen LogP contribution in [0.2, 0.25) is 0 Å². The molecule has 0 heterocycles. The second-order valence-corrected chi connectivity index (χ2v) is 5.72. The lowest BCUT2D eigenvalue weighted by molar-refractivity contribution is 0.0575. The van der Waals surface area contributed by atoms with Crippen molar-refractivity contribution in [3.8, 4) is 0 Å². The Morgan fingerprint density at radius 2 is 2.00 bits per heavy atom. The Morgan fingerprint density at radius 3 is 2.53 bits per heavy atom. The van der Waals surface area contributed by atoms with Gasteiger partial charge in [0.05, 0.1) is 0 Å². The van der Waals surface area contributed by atoms with Crippen LogP contribution in [0.4, 0.5) is 8.78 Å². The summed E-state index contributed by atoms with van der Waals surface area (Å²) >= 11 is 0. The summed E-state index contributed by atoms with van der Waals surface area (Å²) in [6, 6.07) is 4.16. The van der Waals surface area contributed by atoms with E-state index >= 15 is 0 Å². The highest BCUT2D eigenvalue weighted by molar-refractivity contribution is 5.22. The molecule has 1 atom stereocenters. The molecule has 0 saturated heterocycles. The molecule has 1 aliphatic carbocycles. The number of halogens is 2. The Balaban J connectivity index is 2.01. The van der Waals surface area contributed by atoms with Crippen LogP contribution in [-0.2, 0) is 0 Å². The zero-order valence-corrected chi connectivity index (χ0v) is 11.8. The number of nitrogens with zero attached hydrogens (tertiary/aromatic N) is 1. The highest BCUT2D eigenvalue weighted by Gasteiger charge is 2.38. The van der Waals surface area contributed by atoms with Gasteiger partial charge in [-0.25, -0.2) is 8.78 Å². The van der Waals surface area contributed by atoms with Gasteiger partial charge in [-0.15, -0.1) is 0 Å². The molecular formula is C15H22F2N2. The van der Waals surface area contributed by atoms with E-state index in [-0.39, 0.29) is 11.6 Å². The zero-order chi connectivity index (χ0) is 14.0. The summed E-state index contributed by atoms with van der Waals surface area (Å²) < 4.78 is 26.9. The fraction of sp³-hybridized carbons (Fsp3) is 0.600. The SMILES string of the molecule is CC(NCC1(N(C)C)CCC1)c1cccc(F)c1F. The van der Waals surface area contributed by atoms with E-state index in [0.29, 0.717) is 5.56 Å². The quantitative estimate of drug-likeness (QED) is 0.882. The Bertz CT molecular complexity index is 442. The van der Waals surface area contributed by atoms with E-state index in [4.69, 9.17) is 0 Å². The first-order chi connectivity index (χ1) is 8.96. The van der Waals surface area contributed by atoms with Gasteiger partial charge in [0.1, 0.15) is 0 Å². The number of benzene rings is 1. The highest BCUT2D eigenvalue weighted by atomic mass is 19.2. The predicted octanol–water partition coefficient (Wildman–Crippen LogP) is 3.10. The zero-order valence-electron chi connectivity index (χ0n) is 11.8. The maximum Gasteiger partial charge on any atom is 0.163 e. The lowest BCUT2D eigenvalue weighted by Gasteiger charge is -2.48. The summed E-state index contributed by atoms with van der Waals surface area (Å²) in [6.45, 7) is 2.68. The van der Waals surface area contributed by atoms with E-state index in [2.05, 4.69) is 24.3 Å². The lowest BCUT2D eigenvalue weighted by Crippen LogP contribution is -2.56. The van der Waals surface area contributed by atoms with E-state index in [0.717, 1.165) is 25.5 Å². The van der Waals surface area contributed by atoms with Gasteiger partial charge in [0, 0.05) is 23.7 Å². The van der Waals surface area contributed by atoms with Crippen LogP contribution < -0.4 is 5.32 Å². The van der Waals surface area contributed by atoms with Gasteiger partial charge in [-0.1, -0.05) is 12.1 Å². The van der Waals surface area contributed by atoms with Crippen molar-refractivity contribution in [2.75, 3.05) is 20.6 Å². The fourth-order valence-electron chi connectivity index (χ4n) is 2.67. The van der Waals surface area contributed by atoms with E-state index in [9.17, 15) is 8.78 Å². The fourth-order valence-corrected chi connectivity index (χ4v) is 2.67. The normalized spacial score (nSPS) is 19.3. The maximum atomic E-state index is 13.7. The smallest absolute Gasteiger partial charge is 0.163 e. The maximum absolute atomic E-state index is 13.7. The largest absolute Gasteiger partial charge is 0.308 e. The minimum Gasteiger partial charge on any atom is -0.308 e. The number of likely N-dealkylation sites (N-methyl/N-ethyl adjacent to an activating group) is 1. The van der Waals surface area contributed by atoms with Crippen LogP contribution in [0, 0.1) is 11.6 Å². The van der Waals surface area contributed by atoms with Gasteiger partial charge in [-0.2, -0.15) is 0 Å². The molecule has 19 heavy (non-hydrogen) atoms. The van der Waals surface area contributed by atoms with Crippen LogP contribution in [0.1, 0.15) is 37.8 Å². The van der Waals surface area contributed by atoms with Crippen LogP contribution >= 0.6 is 0 Å². The first-order valence-corrected chi connectivity index (χ1v) is 6.81. The van der Waals surface area contributed by atoms with E-state index in [1.54, 1.807) is 12.1 Å². The molecule has 0 aliphatic heterocycles. The average Bonchev–Trinajstić information content (AvgIpc) is 2.30. The number of hydrogen-bond donors (Lipinski definition) is 1. The molecule has 1 N–H and O–H groups in total. The number of nitrogens with one attached hydrogen (secondary N) is 1. The summed E-state index contributed by atoms with van der Waals surface area (Å²) in [5, 5.41) is 3.34. The summed E-state index contributed by atoms with van der Waals surface area (Å²) in [6.07, 6.45) is 3.55. The van der Waals surface area contributed by atoms with Crippen molar-refractivity contribution in [1.29, 1.82) is 0 Å². The molecule has 4 heteroatoms. The molecule has 2 rings (SSSR count). The van der Waals surface area contributed by atoms with Gasteiger partial charge in [-0.3, -0.25) is 0 Å². The van der Waals surface area contributed by atoms with E-state index in [1.807, 2.05) is 6.92 Å². The summed E-state index contributed by atoms with van der Waals surface area (Å²) in [4.78, 5) is 2.23. The van der Waals surface area contributed by atoms with Crippen molar-refractivity contribution >= 4 is 0 Å². The third-order valence-corrected chi connectivity index (χ3v) is 4.42. The second-order valence-electron chi connectivity index (χ2n) is 5.72. The van der Waals surface area contributed by atoms with Gasteiger partial charge in [-0.05, 0) is 46.3 Å². The Kier molecular flexibility index (Phi) is 4.21. The van der Waals surface area contributed by atoms with Crippen molar-refractivity contribution < 1.29 is 8.78 Å². The Morgan fingerprint density at radius 1 is 1.32 bits per heavy atom. The van der Waals surface area contributed by atoms with Gasteiger partial charge >= 0.3 is 0 Å². The molecule has 0 bridgehead atoms. The molecule has 1 aliphatic rings. The Labute approximate surface area is 113 Å². The lowest BCUT2D eigenvalue weighted by atomic mass is 9.75. The van der Waals surface area contributed by atoms with Crippen LogP contribution in [-0.4, -0.2) is 31.1 Å². The first-order valence-electron chi connectivity index (χ1n) is 6.81. The molecule has 0 aromatic heterocycles. The standard InChI is InChI=1S/C15H22F2N2/c1-11(12-6-4-7-13(16)14(12)17)18-10-15(19(2)3)8-5-9-15/h4,6-7,11,18H,5,8-10H2,1-3H3. The van der Waals surface area contributed by atoms with Gasteiger partial charge in [0.25, 0.3) is 0 Å². The van der Waals surface area contributed by atoms with Crippen molar-refractivity contribution in [3.63, 3.8) is 0 Å². The molecule has 1 unspecified atom stereocenters. The Hall–Kier alpha value is -1.00. The second kappa shape index (κ2) is 5.55. The van der Waals surface area contributed by atoms with Crippen LogP contribution in [0.3, 0.4) is 0 Å². The van der Waals surface area contributed by atoms with Crippen LogP contribution in [0.5, 0.6) is 0 Å². The topological polar surface area (TPSA) is 15.3 Å². The summed E-state index contributed by atoms with van der Waals surface area (Å²) in [5.41, 5.74) is 0.575. The summed E-state index contributed by atoms with van der Waals surface area (Å²) in [7, 11) is 4.16. The predicted molar refractivity (Wildman–Crippen MR) is 73.0 cm³/mol. The minimum absolute atomic E-state index is 0.179.